The van der Waals surface area contributed by atoms with Crippen molar-refractivity contribution in [2.75, 3.05) is 50.1 Å². The number of ether oxygens (including phenoxy) is 1. The summed E-state index contributed by atoms with van der Waals surface area (Å²) < 4.78 is 61.5. The molecule has 0 saturated carbocycles. The molecule has 1 aromatic heterocycles. The quantitative estimate of drug-likeness (QED) is 0.397. The number of amides is 1. The first-order valence-corrected chi connectivity index (χ1v) is 12.5. The SMILES string of the molecule is CC(C)COc1ccc(F)c(-c2ccc(N3CCN(C)CC3)c(NC(=O)c3c[nH]c(=O)cc3C(F)(F)F)c2)c1. The minimum absolute atomic E-state index is 0.217. The van der Waals surface area contributed by atoms with Crippen molar-refractivity contribution in [3.05, 3.63) is 76.0 Å². The molecule has 2 heterocycles. The average molecular weight is 547 g/mol. The molecule has 7 nitrogen and oxygen atoms in total. The van der Waals surface area contributed by atoms with E-state index in [0.29, 0.717) is 42.8 Å². The van der Waals surface area contributed by atoms with E-state index in [0.717, 1.165) is 19.3 Å². The molecule has 1 aliphatic heterocycles. The molecular formula is C28H30F4N4O3. The standard InChI is InChI=1S/C28H30F4N4O3/c1-17(2)16-39-19-5-6-23(29)20(13-19)18-4-7-25(36-10-8-35(3)9-11-36)24(12-18)34-27(38)21-15-33-26(37)14-22(21)28(30,31)32/h4-7,12-15,17H,8-11,16H2,1-3H3,(H,33,37)(H,34,38). The number of nitrogens with zero attached hydrogens (tertiary/aromatic N) is 2. The monoisotopic (exact) mass is 546 g/mol. The van der Waals surface area contributed by atoms with Gasteiger partial charge >= 0.3 is 6.18 Å². The van der Waals surface area contributed by atoms with E-state index < -0.39 is 34.6 Å². The molecule has 2 aromatic carbocycles. The van der Waals surface area contributed by atoms with Crippen LogP contribution in [-0.2, 0) is 6.18 Å². The number of anilines is 2. The summed E-state index contributed by atoms with van der Waals surface area (Å²) in [4.78, 5) is 31.0. The summed E-state index contributed by atoms with van der Waals surface area (Å²) in [5.41, 5.74) is -1.62. The van der Waals surface area contributed by atoms with E-state index in [1.165, 1.54) is 18.2 Å². The number of nitrogens with one attached hydrogen (secondary N) is 2. The molecule has 0 unspecified atom stereocenters. The van der Waals surface area contributed by atoms with Gasteiger partial charge < -0.3 is 24.8 Å². The van der Waals surface area contributed by atoms with Gasteiger partial charge in [-0.2, -0.15) is 13.2 Å². The number of piperazine rings is 1. The van der Waals surface area contributed by atoms with Gasteiger partial charge in [0, 0.05) is 44.0 Å². The van der Waals surface area contributed by atoms with Gasteiger partial charge in [0.25, 0.3) is 5.91 Å². The lowest BCUT2D eigenvalue weighted by atomic mass is 10.0. The molecule has 1 fully saturated rings. The van der Waals surface area contributed by atoms with Gasteiger partial charge in [0.2, 0.25) is 5.56 Å². The van der Waals surface area contributed by atoms with Crippen molar-refractivity contribution >= 4 is 17.3 Å². The van der Waals surface area contributed by atoms with Crippen LogP contribution in [0, 0.1) is 11.7 Å². The normalized spacial score (nSPS) is 14.5. The Morgan fingerprint density at radius 1 is 1.08 bits per heavy atom. The number of carbonyl (C=O) groups excluding carboxylic acids is 1. The van der Waals surface area contributed by atoms with Crippen LogP contribution in [0.4, 0.5) is 28.9 Å². The molecule has 4 rings (SSSR count). The number of rotatable bonds is 7. The highest BCUT2D eigenvalue weighted by Gasteiger charge is 2.36. The molecule has 0 spiro atoms. The zero-order chi connectivity index (χ0) is 28.3. The van der Waals surface area contributed by atoms with Crippen LogP contribution in [0.3, 0.4) is 0 Å². The van der Waals surface area contributed by atoms with Crippen LogP contribution in [-0.4, -0.2) is 55.6 Å². The van der Waals surface area contributed by atoms with E-state index in [9.17, 15) is 27.2 Å². The Hall–Kier alpha value is -3.86. The van der Waals surface area contributed by atoms with Gasteiger partial charge in [-0.15, -0.1) is 0 Å². The molecular weight excluding hydrogens is 516 g/mol. The molecule has 0 bridgehead atoms. The Morgan fingerprint density at radius 2 is 1.79 bits per heavy atom. The number of hydrogen-bond acceptors (Lipinski definition) is 5. The number of alkyl halides is 3. The number of likely N-dealkylation sites (N-methyl/N-ethyl adjacent to an activating group) is 1. The fraction of sp³-hybridized carbons (Fsp3) is 0.357. The molecule has 1 saturated heterocycles. The van der Waals surface area contributed by atoms with Crippen LogP contribution in [0.15, 0.2) is 53.5 Å². The molecule has 3 aromatic rings. The summed E-state index contributed by atoms with van der Waals surface area (Å²) in [7, 11) is 1.98. The molecule has 1 amide bonds. The maximum Gasteiger partial charge on any atom is 0.417 e. The van der Waals surface area contributed by atoms with Gasteiger partial charge in [-0.25, -0.2) is 4.39 Å². The minimum atomic E-state index is -4.91. The van der Waals surface area contributed by atoms with Crippen molar-refractivity contribution in [3.63, 3.8) is 0 Å². The number of pyridine rings is 1. The Labute approximate surface area is 223 Å². The van der Waals surface area contributed by atoms with Gasteiger partial charge in [0.15, 0.2) is 0 Å². The highest BCUT2D eigenvalue weighted by Crippen LogP contribution is 2.36. The van der Waals surface area contributed by atoms with Crippen LogP contribution < -0.4 is 20.5 Å². The predicted octanol–water partition coefficient (Wildman–Crippen LogP) is 5.24. The van der Waals surface area contributed by atoms with Gasteiger partial charge in [-0.1, -0.05) is 19.9 Å². The third-order valence-electron chi connectivity index (χ3n) is 6.40. The number of carbonyl (C=O) groups is 1. The lowest BCUT2D eigenvalue weighted by molar-refractivity contribution is -0.138. The van der Waals surface area contributed by atoms with Crippen LogP contribution in [0.25, 0.3) is 11.1 Å². The zero-order valence-corrected chi connectivity index (χ0v) is 21.9. The Morgan fingerprint density at radius 3 is 2.46 bits per heavy atom. The molecule has 208 valence electrons. The molecule has 39 heavy (non-hydrogen) atoms. The summed E-state index contributed by atoms with van der Waals surface area (Å²) in [5, 5.41) is 2.58. The van der Waals surface area contributed by atoms with Crippen molar-refractivity contribution in [3.8, 4) is 16.9 Å². The summed E-state index contributed by atoms with van der Waals surface area (Å²) >= 11 is 0. The predicted molar refractivity (Wildman–Crippen MR) is 142 cm³/mol. The summed E-state index contributed by atoms with van der Waals surface area (Å²) in [5.74, 6) is -0.841. The zero-order valence-electron chi connectivity index (χ0n) is 21.9. The van der Waals surface area contributed by atoms with E-state index in [-0.39, 0.29) is 17.2 Å². The topological polar surface area (TPSA) is 77.7 Å². The molecule has 2 N–H and O–H groups in total. The fourth-order valence-electron chi connectivity index (χ4n) is 4.29. The van der Waals surface area contributed by atoms with Crippen molar-refractivity contribution in [1.82, 2.24) is 9.88 Å². The molecule has 0 atom stereocenters. The molecule has 0 radical (unpaired) electrons. The van der Waals surface area contributed by atoms with Crippen molar-refractivity contribution < 1.29 is 27.1 Å². The van der Waals surface area contributed by atoms with E-state index in [1.807, 2.05) is 25.8 Å². The number of hydrogen-bond donors (Lipinski definition) is 2. The number of H-pyrrole nitrogens is 1. The fourth-order valence-corrected chi connectivity index (χ4v) is 4.29. The Kier molecular flexibility index (Phi) is 8.29. The maximum absolute atomic E-state index is 14.9. The lowest BCUT2D eigenvalue weighted by Gasteiger charge is -2.35. The van der Waals surface area contributed by atoms with Gasteiger partial charge in [-0.05, 0) is 48.9 Å². The lowest BCUT2D eigenvalue weighted by Crippen LogP contribution is -2.44. The van der Waals surface area contributed by atoms with Crippen molar-refractivity contribution in [1.29, 1.82) is 0 Å². The maximum atomic E-state index is 14.9. The first kappa shape index (κ1) is 28.2. The summed E-state index contributed by atoms with van der Waals surface area (Å²) in [6.45, 7) is 7.16. The number of aromatic amines is 1. The average Bonchev–Trinajstić information content (AvgIpc) is 2.88. The molecule has 0 aliphatic carbocycles. The minimum Gasteiger partial charge on any atom is -0.493 e. The third kappa shape index (κ3) is 6.78. The Bertz CT molecular complexity index is 1400. The second-order valence-electron chi connectivity index (χ2n) is 9.95. The largest absolute Gasteiger partial charge is 0.493 e. The molecule has 11 heteroatoms. The van der Waals surface area contributed by atoms with Crippen molar-refractivity contribution in [2.45, 2.75) is 20.0 Å². The smallest absolute Gasteiger partial charge is 0.417 e. The summed E-state index contributed by atoms with van der Waals surface area (Å²) in [6.07, 6.45) is -4.17. The number of halogens is 4. The first-order chi connectivity index (χ1) is 18.4. The van der Waals surface area contributed by atoms with E-state index in [2.05, 4.69) is 15.2 Å². The van der Waals surface area contributed by atoms with Gasteiger partial charge in [0.05, 0.1) is 29.1 Å². The second kappa shape index (κ2) is 11.5. The number of benzene rings is 2. The van der Waals surface area contributed by atoms with Crippen LogP contribution >= 0.6 is 0 Å². The van der Waals surface area contributed by atoms with E-state index >= 15 is 0 Å². The second-order valence-corrected chi connectivity index (χ2v) is 9.95. The van der Waals surface area contributed by atoms with Crippen LogP contribution in [0.5, 0.6) is 5.75 Å². The highest BCUT2D eigenvalue weighted by atomic mass is 19.4. The van der Waals surface area contributed by atoms with Gasteiger partial charge in [-0.3, -0.25) is 9.59 Å². The summed E-state index contributed by atoms with van der Waals surface area (Å²) in [6, 6.07) is 9.67. The highest BCUT2D eigenvalue weighted by molar-refractivity contribution is 6.07. The van der Waals surface area contributed by atoms with Crippen molar-refractivity contribution in [2.24, 2.45) is 5.92 Å². The third-order valence-corrected chi connectivity index (χ3v) is 6.40. The molecule has 1 aliphatic rings. The first-order valence-electron chi connectivity index (χ1n) is 12.5. The van der Waals surface area contributed by atoms with Gasteiger partial charge in [0.1, 0.15) is 11.6 Å². The van der Waals surface area contributed by atoms with Crippen LogP contribution in [0.1, 0.15) is 29.8 Å². The Balaban J connectivity index is 1.75. The number of aromatic nitrogens is 1. The van der Waals surface area contributed by atoms with Crippen LogP contribution in [0.2, 0.25) is 0 Å². The van der Waals surface area contributed by atoms with E-state index in [1.54, 1.807) is 18.2 Å². The van der Waals surface area contributed by atoms with E-state index in [4.69, 9.17) is 4.74 Å².